The summed E-state index contributed by atoms with van der Waals surface area (Å²) in [4.78, 5) is 0. The molecule has 0 aliphatic carbocycles. The molecule has 0 spiro atoms. The lowest BCUT2D eigenvalue weighted by atomic mass is 10.1. The number of nitrogens with one attached hydrogen (secondary N) is 1. The number of rotatable bonds is 1. The minimum Gasteiger partial charge on any atom is -0.480 e. The summed E-state index contributed by atoms with van der Waals surface area (Å²) in [6, 6.07) is 11.5. The van der Waals surface area contributed by atoms with E-state index in [1.165, 1.54) is 0 Å². The van der Waals surface area contributed by atoms with Gasteiger partial charge in [-0.1, -0.05) is 23.7 Å². The van der Waals surface area contributed by atoms with Gasteiger partial charge in [-0.05, 0) is 29.8 Å². The minimum atomic E-state index is -0.100. The van der Waals surface area contributed by atoms with Crippen molar-refractivity contribution in [1.82, 2.24) is 0 Å². The molecule has 0 aromatic heterocycles. The fraction of sp³-hybridized carbons (Fsp3) is 0.200. The Morgan fingerprint density at radius 1 is 1.10 bits per heavy atom. The maximum Gasteiger partial charge on any atom is 0.231 e. The molecule has 1 unspecified atom stereocenters. The lowest BCUT2D eigenvalue weighted by Crippen LogP contribution is -2.23. The molecule has 4 rings (SSSR count). The zero-order valence-corrected chi connectivity index (χ0v) is 11.3. The lowest BCUT2D eigenvalue weighted by Gasteiger charge is -2.28. The Kier molecular flexibility index (Phi) is 2.63. The van der Waals surface area contributed by atoms with Gasteiger partial charge in [-0.15, -0.1) is 0 Å². The van der Waals surface area contributed by atoms with Crippen LogP contribution in [0.25, 0.3) is 0 Å². The molecular weight excluding hydrogens is 278 g/mol. The molecular formula is C15H12ClNO3. The van der Waals surface area contributed by atoms with Crippen LogP contribution in [0.4, 0.5) is 5.69 Å². The van der Waals surface area contributed by atoms with Gasteiger partial charge in [0.1, 0.15) is 6.10 Å². The fourth-order valence-corrected chi connectivity index (χ4v) is 2.67. The highest BCUT2D eigenvalue weighted by atomic mass is 35.5. The fourth-order valence-electron chi connectivity index (χ4n) is 2.45. The topological polar surface area (TPSA) is 39.7 Å². The van der Waals surface area contributed by atoms with Crippen molar-refractivity contribution in [2.75, 3.05) is 18.7 Å². The second-order valence-corrected chi connectivity index (χ2v) is 5.12. The lowest BCUT2D eigenvalue weighted by molar-refractivity contribution is 0.173. The third-order valence-electron chi connectivity index (χ3n) is 3.47. The van der Waals surface area contributed by atoms with Gasteiger partial charge in [-0.3, -0.25) is 0 Å². The van der Waals surface area contributed by atoms with Crippen LogP contribution in [0.15, 0.2) is 36.4 Å². The standard InChI is InChI=1S/C15H12ClNO3/c16-10-2-1-3-11-15(10)20-14(7-17-11)9-4-5-12-13(6-9)19-8-18-12/h1-6,14,17H,7-8H2. The maximum atomic E-state index is 6.18. The Balaban J connectivity index is 1.66. The average molecular weight is 290 g/mol. The van der Waals surface area contributed by atoms with Crippen molar-refractivity contribution >= 4 is 17.3 Å². The number of hydrogen-bond acceptors (Lipinski definition) is 4. The molecule has 0 bridgehead atoms. The smallest absolute Gasteiger partial charge is 0.231 e. The van der Waals surface area contributed by atoms with E-state index in [0.717, 1.165) is 22.7 Å². The summed E-state index contributed by atoms with van der Waals surface area (Å²) in [7, 11) is 0. The highest BCUT2D eigenvalue weighted by Crippen LogP contribution is 2.41. The number of para-hydroxylation sites is 1. The summed E-state index contributed by atoms with van der Waals surface area (Å²) >= 11 is 6.18. The summed E-state index contributed by atoms with van der Waals surface area (Å²) in [6.45, 7) is 0.963. The first kappa shape index (κ1) is 11.7. The minimum absolute atomic E-state index is 0.100. The van der Waals surface area contributed by atoms with E-state index in [2.05, 4.69) is 5.32 Å². The van der Waals surface area contributed by atoms with Crippen molar-refractivity contribution < 1.29 is 14.2 Å². The molecule has 2 aromatic carbocycles. The predicted molar refractivity (Wildman–Crippen MR) is 75.9 cm³/mol. The van der Waals surface area contributed by atoms with Crippen LogP contribution in [0, 0.1) is 0 Å². The van der Waals surface area contributed by atoms with Gasteiger partial charge in [0.15, 0.2) is 17.2 Å². The normalized spacial score (nSPS) is 18.9. The quantitative estimate of drug-likeness (QED) is 0.870. The molecule has 0 fully saturated rings. The van der Waals surface area contributed by atoms with Crippen LogP contribution in [0.5, 0.6) is 17.2 Å². The van der Waals surface area contributed by atoms with Gasteiger partial charge >= 0.3 is 0 Å². The van der Waals surface area contributed by atoms with E-state index in [9.17, 15) is 0 Å². The van der Waals surface area contributed by atoms with Crippen LogP contribution >= 0.6 is 11.6 Å². The van der Waals surface area contributed by atoms with E-state index >= 15 is 0 Å². The molecule has 1 N–H and O–H groups in total. The third-order valence-corrected chi connectivity index (χ3v) is 3.77. The predicted octanol–water partition coefficient (Wildman–Crippen LogP) is 3.61. The van der Waals surface area contributed by atoms with E-state index in [1.54, 1.807) is 0 Å². The third kappa shape index (κ3) is 1.84. The zero-order chi connectivity index (χ0) is 13.5. The molecule has 2 aliphatic heterocycles. The van der Waals surface area contributed by atoms with Gasteiger partial charge in [0.05, 0.1) is 17.3 Å². The Morgan fingerprint density at radius 2 is 2.00 bits per heavy atom. The average Bonchev–Trinajstić information content (AvgIpc) is 2.95. The summed E-state index contributed by atoms with van der Waals surface area (Å²) in [5.41, 5.74) is 1.96. The Morgan fingerprint density at radius 3 is 2.95 bits per heavy atom. The molecule has 5 heteroatoms. The van der Waals surface area contributed by atoms with E-state index in [4.69, 9.17) is 25.8 Å². The summed E-state index contributed by atoms with van der Waals surface area (Å²) in [5.74, 6) is 2.23. The van der Waals surface area contributed by atoms with Crippen molar-refractivity contribution in [1.29, 1.82) is 0 Å². The summed E-state index contributed by atoms with van der Waals surface area (Å²) in [5, 5.41) is 3.95. The number of ether oxygens (including phenoxy) is 3. The first-order chi connectivity index (χ1) is 9.81. The van der Waals surface area contributed by atoms with Gasteiger partial charge in [-0.2, -0.15) is 0 Å². The monoisotopic (exact) mass is 289 g/mol. The summed E-state index contributed by atoms with van der Waals surface area (Å²) < 4.78 is 16.7. The Hall–Kier alpha value is -2.07. The molecule has 0 saturated carbocycles. The molecule has 2 aromatic rings. The van der Waals surface area contributed by atoms with Crippen molar-refractivity contribution in [2.45, 2.75) is 6.10 Å². The number of anilines is 1. The molecule has 102 valence electrons. The van der Waals surface area contributed by atoms with Crippen LogP contribution in [0.1, 0.15) is 11.7 Å². The van der Waals surface area contributed by atoms with Crippen LogP contribution in [0.3, 0.4) is 0 Å². The van der Waals surface area contributed by atoms with Gasteiger partial charge < -0.3 is 19.5 Å². The second-order valence-electron chi connectivity index (χ2n) is 4.72. The molecule has 0 radical (unpaired) electrons. The molecule has 2 heterocycles. The van der Waals surface area contributed by atoms with Gasteiger partial charge in [0.2, 0.25) is 6.79 Å². The number of benzene rings is 2. The van der Waals surface area contributed by atoms with Crippen molar-refractivity contribution in [3.63, 3.8) is 0 Å². The van der Waals surface area contributed by atoms with E-state index < -0.39 is 0 Å². The van der Waals surface area contributed by atoms with Gasteiger partial charge in [0.25, 0.3) is 0 Å². The molecule has 0 saturated heterocycles. The molecule has 2 aliphatic rings. The largest absolute Gasteiger partial charge is 0.480 e. The van der Waals surface area contributed by atoms with Gasteiger partial charge in [-0.25, -0.2) is 0 Å². The molecule has 4 nitrogen and oxygen atoms in total. The van der Waals surface area contributed by atoms with Crippen LogP contribution in [-0.4, -0.2) is 13.3 Å². The SMILES string of the molecule is Clc1cccc2c1OC(c1ccc3c(c1)OCO3)CN2. The van der Waals surface area contributed by atoms with Crippen molar-refractivity contribution in [3.8, 4) is 17.2 Å². The second kappa shape index (κ2) is 4.49. The van der Waals surface area contributed by atoms with Crippen molar-refractivity contribution in [3.05, 3.63) is 47.0 Å². The molecule has 20 heavy (non-hydrogen) atoms. The van der Waals surface area contributed by atoms with Gasteiger partial charge in [0, 0.05) is 0 Å². The maximum absolute atomic E-state index is 6.18. The zero-order valence-electron chi connectivity index (χ0n) is 10.6. The van der Waals surface area contributed by atoms with Crippen molar-refractivity contribution in [2.24, 2.45) is 0 Å². The highest BCUT2D eigenvalue weighted by molar-refractivity contribution is 6.32. The highest BCUT2D eigenvalue weighted by Gasteiger charge is 2.24. The van der Waals surface area contributed by atoms with Crippen LogP contribution in [-0.2, 0) is 0 Å². The first-order valence-corrected chi connectivity index (χ1v) is 6.77. The Bertz CT molecular complexity index is 674. The van der Waals surface area contributed by atoms with E-state index in [1.807, 2.05) is 36.4 Å². The molecule has 0 amide bonds. The van der Waals surface area contributed by atoms with Crippen LogP contribution < -0.4 is 19.5 Å². The Labute approximate surface area is 121 Å². The number of fused-ring (bicyclic) bond motifs is 2. The summed E-state index contributed by atoms with van der Waals surface area (Å²) in [6.07, 6.45) is -0.100. The van der Waals surface area contributed by atoms with E-state index in [0.29, 0.717) is 17.3 Å². The van der Waals surface area contributed by atoms with E-state index in [-0.39, 0.29) is 12.9 Å². The number of hydrogen-bond donors (Lipinski definition) is 1. The first-order valence-electron chi connectivity index (χ1n) is 6.40. The molecule has 1 atom stereocenters. The number of halogens is 1. The van der Waals surface area contributed by atoms with Crippen LogP contribution in [0.2, 0.25) is 5.02 Å².